The molecule has 1 N–H and O–H groups in total. The summed E-state index contributed by atoms with van der Waals surface area (Å²) in [6, 6.07) is 1.48. The number of amides is 2. The van der Waals surface area contributed by atoms with Gasteiger partial charge in [-0.3, -0.25) is 10.1 Å². The number of nitrogens with zero attached hydrogens (tertiary/aromatic N) is 4. The SMILES string of the molecule is CCNC(=O)N1CCN(c2ncc([N+](=O)[O-])cc2C)CC1. The maximum atomic E-state index is 11.7. The number of hydrogen-bond acceptors (Lipinski definition) is 5. The molecule has 2 heterocycles. The van der Waals surface area contributed by atoms with Crippen molar-refractivity contribution in [1.29, 1.82) is 0 Å². The number of urea groups is 1. The average molecular weight is 293 g/mol. The third-order valence-corrected chi connectivity index (χ3v) is 3.44. The molecule has 0 radical (unpaired) electrons. The minimum Gasteiger partial charge on any atom is -0.353 e. The summed E-state index contributed by atoms with van der Waals surface area (Å²) in [7, 11) is 0. The Morgan fingerprint density at radius 3 is 2.62 bits per heavy atom. The van der Waals surface area contributed by atoms with Crippen molar-refractivity contribution in [3.63, 3.8) is 0 Å². The van der Waals surface area contributed by atoms with Gasteiger partial charge in [0.1, 0.15) is 12.0 Å². The van der Waals surface area contributed by atoms with Crippen LogP contribution in [-0.4, -0.2) is 53.6 Å². The summed E-state index contributed by atoms with van der Waals surface area (Å²) in [5.41, 5.74) is 0.771. The first-order valence-electron chi connectivity index (χ1n) is 6.91. The Labute approximate surface area is 122 Å². The number of rotatable bonds is 3. The molecule has 2 rings (SSSR count). The van der Waals surface area contributed by atoms with Crippen LogP contribution in [0.1, 0.15) is 12.5 Å². The monoisotopic (exact) mass is 293 g/mol. The van der Waals surface area contributed by atoms with Gasteiger partial charge in [0.25, 0.3) is 5.69 Å². The molecule has 0 saturated carbocycles. The van der Waals surface area contributed by atoms with Crippen molar-refractivity contribution in [1.82, 2.24) is 15.2 Å². The molecule has 1 fully saturated rings. The number of anilines is 1. The Kier molecular flexibility index (Phi) is 4.56. The third-order valence-electron chi connectivity index (χ3n) is 3.44. The minimum atomic E-state index is -0.448. The molecular formula is C13H19N5O3. The average Bonchev–Trinajstić information content (AvgIpc) is 2.47. The molecule has 0 bridgehead atoms. The van der Waals surface area contributed by atoms with Gasteiger partial charge in [0.05, 0.1) is 4.92 Å². The zero-order valence-electron chi connectivity index (χ0n) is 12.2. The lowest BCUT2D eigenvalue weighted by molar-refractivity contribution is -0.385. The number of carbonyl (C=O) groups is 1. The van der Waals surface area contributed by atoms with E-state index in [2.05, 4.69) is 15.2 Å². The molecule has 21 heavy (non-hydrogen) atoms. The highest BCUT2D eigenvalue weighted by Gasteiger charge is 2.23. The Morgan fingerprint density at radius 1 is 1.43 bits per heavy atom. The number of pyridine rings is 1. The Hall–Kier alpha value is -2.38. The second-order valence-electron chi connectivity index (χ2n) is 4.90. The van der Waals surface area contributed by atoms with Crippen molar-refractivity contribution in [3.05, 3.63) is 27.9 Å². The Balaban J connectivity index is 2.02. The van der Waals surface area contributed by atoms with Gasteiger partial charge in [0.2, 0.25) is 0 Å². The van der Waals surface area contributed by atoms with E-state index in [1.807, 2.05) is 13.8 Å². The van der Waals surface area contributed by atoms with Crippen molar-refractivity contribution >= 4 is 17.5 Å². The maximum Gasteiger partial charge on any atom is 0.317 e. The highest BCUT2D eigenvalue weighted by Crippen LogP contribution is 2.22. The van der Waals surface area contributed by atoms with Crippen LogP contribution in [0.5, 0.6) is 0 Å². The second-order valence-corrected chi connectivity index (χ2v) is 4.90. The predicted molar refractivity (Wildman–Crippen MR) is 78.5 cm³/mol. The van der Waals surface area contributed by atoms with E-state index in [-0.39, 0.29) is 11.7 Å². The van der Waals surface area contributed by atoms with Crippen LogP contribution in [0, 0.1) is 17.0 Å². The van der Waals surface area contributed by atoms with Crippen LogP contribution in [0.25, 0.3) is 0 Å². The molecule has 0 aromatic carbocycles. The second kappa shape index (κ2) is 6.38. The number of nitrogens with one attached hydrogen (secondary N) is 1. The molecule has 1 aromatic rings. The number of piperazine rings is 1. The largest absolute Gasteiger partial charge is 0.353 e. The van der Waals surface area contributed by atoms with E-state index in [9.17, 15) is 14.9 Å². The van der Waals surface area contributed by atoms with E-state index in [1.165, 1.54) is 12.3 Å². The summed E-state index contributed by atoms with van der Waals surface area (Å²) < 4.78 is 0. The molecule has 0 aliphatic carbocycles. The summed E-state index contributed by atoms with van der Waals surface area (Å²) in [4.78, 5) is 30.0. The number of carbonyl (C=O) groups excluding carboxylic acids is 1. The number of nitro groups is 1. The van der Waals surface area contributed by atoms with Gasteiger partial charge in [-0.2, -0.15) is 0 Å². The van der Waals surface area contributed by atoms with Gasteiger partial charge in [-0.1, -0.05) is 0 Å². The fourth-order valence-electron chi connectivity index (χ4n) is 2.37. The normalized spacial score (nSPS) is 15.0. The van der Waals surface area contributed by atoms with Crippen LogP contribution < -0.4 is 10.2 Å². The predicted octanol–water partition coefficient (Wildman–Crippen LogP) is 1.15. The number of aryl methyl sites for hydroxylation is 1. The lowest BCUT2D eigenvalue weighted by Gasteiger charge is -2.35. The summed E-state index contributed by atoms with van der Waals surface area (Å²) in [5, 5.41) is 13.5. The Morgan fingerprint density at radius 2 is 2.10 bits per heavy atom. The molecule has 1 aromatic heterocycles. The summed E-state index contributed by atoms with van der Waals surface area (Å²) in [6.45, 7) is 6.88. The van der Waals surface area contributed by atoms with Gasteiger partial charge in [-0.05, 0) is 19.4 Å². The smallest absolute Gasteiger partial charge is 0.317 e. The van der Waals surface area contributed by atoms with E-state index in [0.29, 0.717) is 32.7 Å². The lowest BCUT2D eigenvalue weighted by atomic mass is 10.2. The van der Waals surface area contributed by atoms with E-state index < -0.39 is 4.92 Å². The Bertz CT molecular complexity index is 541. The van der Waals surface area contributed by atoms with Gasteiger partial charge < -0.3 is 15.1 Å². The zero-order chi connectivity index (χ0) is 15.4. The van der Waals surface area contributed by atoms with Crippen molar-refractivity contribution in [2.45, 2.75) is 13.8 Å². The first-order chi connectivity index (χ1) is 10.0. The van der Waals surface area contributed by atoms with E-state index >= 15 is 0 Å². The summed E-state index contributed by atoms with van der Waals surface area (Å²) in [5.74, 6) is 0.746. The van der Waals surface area contributed by atoms with Gasteiger partial charge in [0.15, 0.2) is 0 Å². The van der Waals surface area contributed by atoms with E-state index in [1.54, 1.807) is 4.90 Å². The van der Waals surface area contributed by atoms with E-state index in [4.69, 9.17) is 0 Å². The van der Waals surface area contributed by atoms with Crippen molar-refractivity contribution in [2.24, 2.45) is 0 Å². The number of hydrogen-bond donors (Lipinski definition) is 1. The first kappa shape index (κ1) is 15.0. The van der Waals surface area contributed by atoms with Crippen LogP contribution in [-0.2, 0) is 0 Å². The van der Waals surface area contributed by atoms with Crippen molar-refractivity contribution in [2.75, 3.05) is 37.6 Å². The summed E-state index contributed by atoms with van der Waals surface area (Å²) in [6.07, 6.45) is 1.28. The van der Waals surface area contributed by atoms with Crippen molar-refractivity contribution < 1.29 is 9.72 Å². The standard InChI is InChI=1S/C13H19N5O3/c1-3-14-13(19)17-6-4-16(5-7-17)12-10(2)8-11(9-15-12)18(20)21/h8-9H,3-7H2,1-2H3,(H,14,19). The molecule has 0 atom stereocenters. The molecule has 114 valence electrons. The summed E-state index contributed by atoms with van der Waals surface area (Å²) >= 11 is 0. The fourth-order valence-corrected chi connectivity index (χ4v) is 2.37. The first-order valence-corrected chi connectivity index (χ1v) is 6.91. The van der Waals surface area contributed by atoms with Crippen LogP contribution in [0.15, 0.2) is 12.3 Å². The highest BCUT2D eigenvalue weighted by atomic mass is 16.6. The molecular weight excluding hydrogens is 274 g/mol. The van der Waals surface area contributed by atoms with Crippen LogP contribution in [0.2, 0.25) is 0 Å². The van der Waals surface area contributed by atoms with Gasteiger partial charge in [0, 0.05) is 38.8 Å². The number of aromatic nitrogens is 1. The highest BCUT2D eigenvalue weighted by molar-refractivity contribution is 5.74. The van der Waals surface area contributed by atoms with Crippen LogP contribution in [0.4, 0.5) is 16.3 Å². The quantitative estimate of drug-likeness (QED) is 0.666. The van der Waals surface area contributed by atoms with Crippen LogP contribution >= 0.6 is 0 Å². The van der Waals surface area contributed by atoms with Crippen molar-refractivity contribution in [3.8, 4) is 0 Å². The molecule has 8 nitrogen and oxygen atoms in total. The molecule has 2 amide bonds. The van der Waals surface area contributed by atoms with Crippen LogP contribution in [0.3, 0.4) is 0 Å². The zero-order valence-corrected chi connectivity index (χ0v) is 12.2. The third kappa shape index (κ3) is 3.39. The fraction of sp³-hybridized carbons (Fsp3) is 0.538. The molecule has 8 heteroatoms. The molecule has 1 aliphatic rings. The van der Waals surface area contributed by atoms with Gasteiger partial charge in [-0.15, -0.1) is 0 Å². The molecule has 1 saturated heterocycles. The van der Waals surface area contributed by atoms with E-state index in [0.717, 1.165) is 11.4 Å². The molecule has 1 aliphatic heterocycles. The lowest BCUT2D eigenvalue weighted by Crippen LogP contribution is -2.52. The maximum absolute atomic E-state index is 11.7. The molecule has 0 spiro atoms. The van der Waals surface area contributed by atoms with Gasteiger partial charge >= 0.3 is 6.03 Å². The molecule has 0 unspecified atom stereocenters. The van der Waals surface area contributed by atoms with Gasteiger partial charge in [-0.25, -0.2) is 9.78 Å². The minimum absolute atomic E-state index is 0.00258. The topological polar surface area (TPSA) is 91.6 Å².